The van der Waals surface area contributed by atoms with Gasteiger partial charge in [-0.1, -0.05) is 44.2 Å². The number of rotatable bonds is 5. The summed E-state index contributed by atoms with van der Waals surface area (Å²) in [6, 6.07) is 9.45. The minimum absolute atomic E-state index is 0.0962. The number of hydrogen-bond acceptors (Lipinski definition) is 4. The first-order chi connectivity index (χ1) is 9.54. The van der Waals surface area contributed by atoms with Gasteiger partial charge < -0.3 is 9.84 Å². The first kappa shape index (κ1) is 14.7. The SMILES string of the molecule is COC(c1nc(C(=O)O)c(-c2ccccc2)s1)C(C)C. The molecule has 20 heavy (non-hydrogen) atoms. The van der Waals surface area contributed by atoms with Crippen molar-refractivity contribution in [3.05, 3.63) is 41.0 Å². The molecule has 0 aliphatic carbocycles. The lowest BCUT2D eigenvalue weighted by Crippen LogP contribution is -2.09. The van der Waals surface area contributed by atoms with Gasteiger partial charge in [-0.25, -0.2) is 9.78 Å². The third-order valence-electron chi connectivity index (χ3n) is 2.99. The molecule has 0 bridgehead atoms. The number of hydrogen-bond donors (Lipinski definition) is 1. The Labute approximate surface area is 122 Å². The normalized spacial score (nSPS) is 12.6. The maximum atomic E-state index is 11.4. The van der Waals surface area contributed by atoms with Crippen LogP contribution >= 0.6 is 11.3 Å². The molecule has 1 atom stereocenters. The van der Waals surface area contributed by atoms with E-state index in [9.17, 15) is 9.90 Å². The van der Waals surface area contributed by atoms with Crippen LogP contribution in [0, 0.1) is 5.92 Å². The Hall–Kier alpha value is -1.72. The predicted molar refractivity (Wildman–Crippen MR) is 79.1 cm³/mol. The lowest BCUT2D eigenvalue weighted by Gasteiger charge is -2.15. The van der Waals surface area contributed by atoms with Crippen LogP contribution in [0.2, 0.25) is 0 Å². The fourth-order valence-corrected chi connectivity index (χ4v) is 3.36. The van der Waals surface area contributed by atoms with E-state index in [1.54, 1.807) is 7.11 Å². The van der Waals surface area contributed by atoms with Gasteiger partial charge in [-0.15, -0.1) is 11.3 Å². The van der Waals surface area contributed by atoms with Gasteiger partial charge in [0.2, 0.25) is 0 Å². The van der Waals surface area contributed by atoms with E-state index in [2.05, 4.69) is 4.98 Å². The Morgan fingerprint density at radius 2 is 1.95 bits per heavy atom. The van der Waals surface area contributed by atoms with Crippen LogP contribution in [0.3, 0.4) is 0 Å². The summed E-state index contributed by atoms with van der Waals surface area (Å²) >= 11 is 1.38. The zero-order valence-corrected chi connectivity index (χ0v) is 12.5. The number of aromatic carboxylic acids is 1. The van der Waals surface area contributed by atoms with Gasteiger partial charge in [0.05, 0.1) is 4.88 Å². The van der Waals surface area contributed by atoms with Crippen molar-refractivity contribution in [2.45, 2.75) is 20.0 Å². The van der Waals surface area contributed by atoms with E-state index in [4.69, 9.17) is 4.74 Å². The Morgan fingerprint density at radius 3 is 2.45 bits per heavy atom. The largest absolute Gasteiger partial charge is 0.476 e. The number of aromatic nitrogens is 1. The summed E-state index contributed by atoms with van der Waals surface area (Å²) in [5.74, 6) is -0.776. The van der Waals surface area contributed by atoms with Crippen LogP contribution in [0.1, 0.15) is 35.4 Å². The predicted octanol–water partition coefficient (Wildman–Crippen LogP) is 3.85. The van der Waals surface area contributed by atoms with Crippen LogP contribution < -0.4 is 0 Å². The van der Waals surface area contributed by atoms with E-state index in [1.165, 1.54) is 11.3 Å². The molecule has 1 unspecified atom stereocenters. The summed E-state index contributed by atoms with van der Waals surface area (Å²) in [5.41, 5.74) is 0.964. The number of ether oxygens (including phenoxy) is 1. The summed E-state index contributed by atoms with van der Waals surface area (Å²) in [7, 11) is 1.62. The molecule has 106 valence electrons. The van der Waals surface area contributed by atoms with Crippen LogP contribution in [-0.4, -0.2) is 23.2 Å². The van der Waals surface area contributed by atoms with E-state index in [0.29, 0.717) is 9.88 Å². The van der Waals surface area contributed by atoms with Gasteiger partial charge in [0.25, 0.3) is 0 Å². The smallest absolute Gasteiger partial charge is 0.356 e. The van der Waals surface area contributed by atoms with Gasteiger partial charge in [-0.2, -0.15) is 0 Å². The molecule has 0 spiro atoms. The third kappa shape index (κ3) is 2.89. The van der Waals surface area contributed by atoms with Crippen LogP contribution in [0.4, 0.5) is 0 Å². The third-order valence-corrected chi connectivity index (χ3v) is 4.15. The van der Waals surface area contributed by atoms with Crippen molar-refractivity contribution in [3.8, 4) is 10.4 Å². The summed E-state index contributed by atoms with van der Waals surface area (Å²) in [4.78, 5) is 16.3. The van der Waals surface area contributed by atoms with Crippen LogP contribution in [-0.2, 0) is 4.74 Å². The number of thiazole rings is 1. The average Bonchev–Trinajstić information content (AvgIpc) is 2.85. The molecule has 1 aromatic carbocycles. The highest BCUT2D eigenvalue weighted by Crippen LogP contribution is 2.36. The lowest BCUT2D eigenvalue weighted by molar-refractivity contribution is 0.0629. The molecule has 0 radical (unpaired) electrons. The van der Waals surface area contributed by atoms with Crippen LogP contribution in [0.15, 0.2) is 30.3 Å². The molecule has 2 aromatic rings. The minimum Gasteiger partial charge on any atom is -0.476 e. The Morgan fingerprint density at radius 1 is 1.30 bits per heavy atom. The standard InChI is InChI=1S/C15H17NO3S/c1-9(2)12(19-3)14-16-11(15(17)18)13(20-14)10-7-5-4-6-8-10/h4-9,12H,1-3H3,(H,17,18). The second kappa shape index (κ2) is 6.15. The molecule has 1 heterocycles. The molecule has 4 nitrogen and oxygen atoms in total. The Bertz CT molecular complexity index is 592. The molecule has 1 N–H and O–H groups in total. The second-order valence-corrected chi connectivity index (χ2v) is 5.83. The molecule has 0 aliphatic rings. The van der Waals surface area contributed by atoms with Crippen molar-refractivity contribution in [3.63, 3.8) is 0 Å². The van der Waals surface area contributed by atoms with Crippen molar-refractivity contribution >= 4 is 17.3 Å². The van der Waals surface area contributed by atoms with E-state index in [-0.39, 0.29) is 17.7 Å². The fraction of sp³-hybridized carbons (Fsp3) is 0.333. The Kier molecular flexibility index (Phi) is 4.52. The number of nitrogens with zero attached hydrogens (tertiary/aromatic N) is 1. The molecule has 0 saturated heterocycles. The molecular formula is C15H17NO3S. The maximum absolute atomic E-state index is 11.4. The molecule has 5 heteroatoms. The van der Waals surface area contributed by atoms with Crippen LogP contribution in [0.25, 0.3) is 10.4 Å². The van der Waals surface area contributed by atoms with Gasteiger partial charge >= 0.3 is 5.97 Å². The highest BCUT2D eigenvalue weighted by molar-refractivity contribution is 7.15. The van der Waals surface area contributed by atoms with Gasteiger partial charge in [0, 0.05) is 7.11 Å². The zero-order chi connectivity index (χ0) is 14.7. The van der Waals surface area contributed by atoms with Gasteiger partial charge in [-0.05, 0) is 11.5 Å². The topological polar surface area (TPSA) is 59.4 Å². The summed E-state index contributed by atoms with van der Waals surface area (Å²) < 4.78 is 5.44. The van der Waals surface area contributed by atoms with E-state index >= 15 is 0 Å². The van der Waals surface area contributed by atoms with E-state index < -0.39 is 5.97 Å². The van der Waals surface area contributed by atoms with E-state index in [1.807, 2.05) is 44.2 Å². The molecule has 2 rings (SSSR count). The number of benzene rings is 1. The van der Waals surface area contributed by atoms with Crippen molar-refractivity contribution in [1.82, 2.24) is 4.98 Å². The van der Waals surface area contributed by atoms with Crippen LogP contribution in [0.5, 0.6) is 0 Å². The molecule has 0 amide bonds. The maximum Gasteiger partial charge on any atom is 0.356 e. The summed E-state index contributed by atoms with van der Waals surface area (Å²) in [6.45, 7) is 4.05. The summed E-state index contributed by atoms with van der Waals surface area (Å²) in [5, 5.41) is 10.0. The first-order valence-corrected chi connectivity index (χ1v) is 7.18. The number of carboxylic acid groups (broad SMARTS) is 1. The lowest BCUT2D eigenvalue weighted by atomic mass is 10.1. The van der Waals surface area contributed by atoms with Gasteiger partial charge in [-0.3, -0.25) is 0 Å². The van der Waals surface area contributed by atoms with Crippen molar-refractivity contribution < 1.29 is 14.6 Å². The number of carboxylic acids is 1. The van der Waals surface area contributed by atoms with Crippen molar-refractivity contribution in [1.29, 1.82) is 0 Å². The molecule has 1 aromatic heterocycles. The summed E-state index contributed by atoms with van der Waals surface area (Å²) in [6.07, 6.45) is -0.185. The quantitative estimate of drug-likeness (QED) is 0.909. The zero-order valence-electron chi connectivity index (χ0n) is 11.7. The fourth-order valence-electron chi connectivity index (χ4n) is 2.05. The second-order valence-electron chi connectivity index (χ2n) is 4.80. The molecular weight excluding hydrogens is 274 g/mol. The van der Waals surface area contributed by atoms with Gasteiger partial charge in [0.15, 0.2) is 5.69 Å². The molecule has 0 saturated carbocycles. The molecule has 0 aliphatic heterocycles. The van der Waals surface area contributed by atoms with Crippen molar-refractivity contribution in [2.75, 3.05) is 7.11 Å². The first-order valence-electron chi connectivity index (χ1n) is 6.36. The average molecular weight is 291 g/mol. The molecule has 0 fully saturated rings. The monoisotopic (exact) mass is 291 g/mol. The minimum atomic E-state index is -1.01. The number of carbonyl (C=O) groups is 1. The highest BCUT2D eigenvalue weighted by Gasteiger charge is 2.25. The number of methoxy groups -OCH3 is 1. The Balaban J connectivity index is 2.52. The highest BCUT2D eigenvalue weighted by atomic mass is 32.1. The van der Waals surface area contributed by atoms with Gasteiger partial charge in [0.1, 0.15) is 11.1 Å². The van der Waals surface area contributed by atoms with Crippen molar-refractivity contribution in [2.24, 2.45) is 5.92 Å². The van der Waals surface area contributed by atoms with E-state index in [0.717, 1.165) is 5.56 Å².